The van der Waals surface area contributed by atoms with Gasteiger partial charge in [0.1, 0.15) is 0 Å². The number of rotatable bonds is 6. The summed E-state index contributed by atoms with van der Waals surface area (Å²) in [4.78, 5) is 22.6. The van der Waals surface area contributed by atoms with Crippen molar-refractivity contribution in [1.82, 2.24) is 9.62 Å². The van der Waals surface area contributed by atoms with E-state index in [1.54, 1.807) is 0 Å². The molecule has 1 aliphatic rings. The average Bonchev–Trinajstić information content (AvgIpc) is 2.55. The Bertz CT molecular complexity index is 697. The van der Waals surface area contributed by atoms with Crippen LogP contribution in [-0.4, -0.2) is 49.3 Å². The summed E-state index contributed by atoms with van der Waals surface area (Å²) < 4.78 is 26.4. The van der Waals surface area contributed by atoms with Crippen LogP contribution < -0.4 is 5.32 Å². The number of carboxylic acids is 1. The Balaban J connectivity index is 1.91. The standard InChI is InChI=1S/C15H19ClN2O5S/c16-12-1-3-13(4-2-12)24(22,23)18-9-6-11(7-10-18)15(21)17-8-5-14(19)20/h1-4,11H,5-10H2,(H,17,21)(H,19,20). The summed E-state index contributed by atoms with van der Waals surface area (Å²) in [5.41, 5.74) is 0. The molecule has 2 N–H and O–H groups in total. The molecule has 1 heterocycles. The number of sulfonamides is 1. The van der Waals surface area contributed by atoms with Crippen molar-refractivity contribution in [3.05, 3.63) is 29.3 Å². The third-order valence-electron chi connectivity index (χ3n) is 3.91. The maximum atomic E-state index is 12.5. The first-order valence-electron chi connectivity index (χ1n) is 7.56. The van der Waals surface area contributed by atoms with Crippen LogP contribution in [0.15, 0.2) is 29.2 Å². The van der Waals surface area contributed by atoms with E-state index in [1.165, 1.54) is 28.6 Å². The molecule has 0 saturated carbocycles. The highest BCUT2D eigenvalue weighted by atomic mass is 35.5. The van der Waals surface area contributed by atoms with Gasteiger partial charge in [0.15, 0.2) is 0 Å². The number of nitrogens with one attached hydrogen (secondary N) is 1. The van der Waals surface area contributed by atoms with Crippen molar-refractivity contribution in [2.45, 2.75) is 24.2 Å². The van der Waals surface area contributed by atoms with E-state index < -0.39 is 16.0 Å². The molecule has 0 atom stereocenters. The highest BCUT2D eigenvalue weighted by Crippen LogP contribution is 2.24. The van der Waals surface area contributed by atoms with Crippen molar-refractivity contribution >= 4 is 33.5 Å². The minimum absolute atomic E-state index is 0.0808. The van der Waals surface area contributed by atoms with Crippen molar-refractivity contribution in [2.24, 2.45) is 5.92 Å². The number of carbonyl (C=O) groups excluding carboxylic acids is 1. The Labute approximate surface area is 145 Å². The van der Waals surface area contributed by atoms with E-state index in [9.17, 15) is 18.0 Å². The quantitative estimate of drug-likeness (QED) is 0.781. The molecule has 24 heavy (non-hydrogen) atoms. The van der Waals surface area contributed by atoms with Gasteiger partial charge in [-0.15, -0.1) is 0 Å². The summed E-state index contributed by atoms with van der Waals surface area (Å²) in [6.07, 6.45) is 0.687. The molecule has 0 spiro atoms. The van der Waals surface area contributed by atoms with Crippen molar-refractivity contribution in [3.63, 3.8) is 0 Å². The van der Waals surface area contributed by atoms with Crippen LogP contribution in [0.2, 0.25) is 5.02 Å². The number of aliphatic carboxylic acids is 1. The zero-order valence-electron chi connectivity index (χ0n) is 12.9. The zero-order valence-corrected chi connectivity index (χ0v) is 14.5. The highest BCUT2D eigenvalue weighted by molar-refractivity contribution is 7.89. The van der Waals surface area contributed by atoms with Crippen LogP contribution in [0.25, 0.3) is 0 Å². The average molecular weight is 375 g/mol. The SMILES string of the molecule is O=C(O)CCNC(=O)C1CCN(S(=O)(=O)c2ccc(Cl)cc2)CC1. The molecule has 132 valence electrons. The summed E-state index contributed by atoms with van der Waals surface area (Å²) >= 11 is 5.77. The predicted octanol–water partition coefficient (Wildman–Crippen LogP) is 1.33. The fourth-order valence-electron chi connectivity index (χ4n) is 2.55. The molecule has 1 aliphatic heterocycles. The van der Waals surface area contributed by atoms with Crippen LogP contribution in [0, 0.1) is 5.92 Å². The largest absolute Gasteiger partial charge is 0.481 e. The van der Waals surface area contributed by atoms with Gasteiger partial charge in [0, 0.05) is 30.6 Å². The van der Waals surface area contributed by atoms with Crippen LogP contribution in [0.5, 0.6) is 0 Å². The van der Waals surface area contributed by atoms with Gasteiger partial charge in [-0.3, -0.25) is 9.59 Å². The number of piperidine rings is 1. The topological polar surface area (TPSA) is 104 Å². The number of hydrogen-bond donors (Lipinski definition) is 2. The van der Waals surface area contributed by atoms with Crippen molar-refractivity contribution in [3.8, 4) is 0 Å². The van der Waals surface area contributed by atoms with E-state index in [1.807, 2.05) is 0 Å². The van der Waals surface area contributed by atoms with Gasteiger partial charge in [0.2, 0.25) is 15.9 Å². The Hall–Kier alpha value is -1.64. The molecule has 2 rings (SSSR count). The van der Waals surface area contributed by atoms with Gasteiger partial charge in [-0.2, -0.15) is 4.31 Å². The van der Waals surface area contributed by atoms with E-state index in [2.05, 4.69) is 5.32 Å². The maximum Gasteiger partial charge on any atom is 0.305 e. The minimum atomic E-state index is -3.59. The van der Waals surface area contributed by atoms with Gasteiger partial charge in [0.05, 0.1) is 11.3 Å². The van der Waals surface area contributed by atoms with Crippen molar-refractivity contribution in [2.75, 3.05) is 19.6 Å². The van der Waals surface area contributed by atoms with Gasteiger partial charge < -0.3 is 10.4 Å². The molecule has 1 amide bonds. The van der Waals surface area contributed by atoms with Crippen molar-refractivity contribution < 1.29 is 23.1 Å². The highest BCUT2D eigenvalue weighted by Gasteiger charge is 2.31. The molecule has 0 radical (unpaired) electrons. The molecule has 0 bridgehead atoms. The van der Waals surface area contributed by atoms with Gasteiger partial charge in [-0.25, -0.2) is 8.42 Å². The summed E-state index contributed by atoms with van der Waals surface area (Å²) in [6, 6.07) is 5.97. The monoisotopic (exact) mass is 374 g/mol. The van der Waals surface area contributed by atoms with Crippen molar-refractivity contribution in [1.29, 1.82) is 0 Å². The first kappa shape index (κ1) is 18.7. The van der Waals surface area contributed by atoms with Crippen LogP contribution in [0.1, 0.15) is 19.3 Å². The molecule has 1 aromatic carbocycles. The fraction of sp³-hybridized carbons (Fsp3) is 0.467. The number of hydrogen-bond acceptors (Lipinski definition) is 4. The van der Waals surface area contributed by atoms with E-state index in [0.717, 1.165) is 0 Å². The lowest BCUT2D eigenvalue weighted by atomic mass is 9.97. The number of halogens is 1. The molecule has 7 nitrogen and oxygen atoms in total. The Morgan fingerprint density at radius 2 is 1.79 bits per heavy atom. The van der Waals surface area contributed by atoms with Gasteiger partial charge in [0.25, 0.3) is 0 Å². The zero-order chi connectivity index (χ0) is 17.7. The van der Waals surface area contributed by atoms with E-state index in [4.69, 9.17) is 16.7 Å². The molecule has 9 heteroatoms. The summed E-state index contributed by atoms with van der Waals surface area (Å²) in [6.45, 7) is 0.585. The minimum Gasteiger partial charge on any atom is -0.481 e. The third-order valence-corrected chi connectivity index (χ3v) is 6.08. The molecular formula is C15H19ClN2O5S. The first-order chi connectivity index (χ1) is 11.3. The molecule has 1 saturated heterocycles. The van der Waals surface area contributed by atoms with Crippen LogP contribution >= 0.6 is 11.6 Å². The van der Waals surface area contributed by atoms with Gasteiger partial charge in [-0.1, -0.05) is 11.6 Å². The molecule has 0 aromatic heterocycles. The van der Waals surface area contributed by atoms with E-state index in [0.29, 0.717) is 17.9 Å². The van der Waals surface area contributed by atoms with Crippen LogP contribution in [0.4, 0.5) is 0 Å². The molecule has 0 unspecified atom stereocenters. The Morgan fingerprint density at radius 3 is 2.33 bits per heavy atom. The summed E-state index contributed by atoms with van der Waals surface area (Å²) in [7, 11) is -3.59. The molecule has 0 aliphatic carbocycles. The molecule has 1 fully saturated rings. The van der Waals surface area contributed by atoms with Crippen LogP contribution in [-0.2, 0) is 19.6 Å². The number of benzene rings is 1. The predicted molar refractivity (Wildman–Crippen MR) is 88.2 cm³/mol. The lowest BCUT2D eigenvalue weighted by Crippen LogP contribution is -2.43. The maximum absolute atomic E-state index is 12.5. The Kier molecular flexibility index (Phi) is 6.20. The second-order valence-electron chi connectivity index (χ2n) is 5.57. The second kappa shape index (κ2) is 7.96. The fourth-order valence-corrected chi connectivity index (χ4v) is 4.15. The second-order valence-corrected chi connectivity index (χ2v) is 7.94. The lowest BCUT2D eigenvalue weighted by Gasteiger charge is -2.30. The normalized spacial score (nSPS) is 16.7. The van der Waals surface area contributed by atoms with Gasteiger partial charge >= 0.3 is 5.97 Å². The smallest absolute Gasteiger partial charge is 0.305 e. The molecule has 1 aromatic rings. The number of carboxylic acid groups (broad SMARTS) is 1. The summed E-state index contributed by atoms with van der Waals surface area (Å²) in [5, 5.41) is 11.6. The third kappa shape index (κ3) is 4.68. The van der Waals surface area contributed by atoms with E-state index >= 15 is 0 Å². The number of nitrogens with zero attached hydrogens (tertiary/aromatic N) is 1. The van der Waals surface area contributed by atoms with E-state index in [-0.39, 0.29) is 42.8 Å². The molecular weight excluding hydrogens is 356 g/mol. The summed E-state index contributed by atoms with van der Waals surface area (Å²) in [5.74, 6) is -1.49. The number of amides is 1. The number of carbonyl (C=O) groups is 2. The first-order valence-corrected chi connectivity index (χ1v) is 9.37. The van der Waals surface area contributed by atoms with Crippen LogP contribution in [0.3, 0.4) is 0 Å². The Morgan fingerprint density at radius 1 is 1.21 bits per heavy atom. The lowest BCUT2D eigenvalue weighted by molar-refractivity contribution is -0.137. The van der Waals surface area contributed by atoms with Gasteiger partial charge in [-0.05, 0) is 37.1 Å².